The standard InChI is InChI=1S/C20H19ClN2O3S2/c1-13-16(21)7-4-8-17(13)23-18(24)11-26-19(25)15-6-3-2-5-14(15)12-28-20-22-9-10-27-20/h2-8H,9-12H2,1H3,(H,23,24). The lowest BCUT2D eigenvalue weighted by molar-refractivity contribution is -0.119. The summed E-state index contributed by atoms with van der Waals surface area (Å²) in [5.41, 5.74) is 2.68. The summed E-state index contributed by atoms with van der Waals surface area (Å²) in [6.45, 7) is 2.29. The first-order chi connectivity index (χ1) is 13.5. The van der Waals surface area contributed by atoms with Gasteiger partial charge in [0.1, 0.15) is 4.38 Å². The third-order valence-corrected chi connectivity index (χ3v) is 6.73. The maximum atomic E-state index is 12.5. The van der Waals surface area contributed by atoms with Gasteiger partial charge in [0.25, 0.3) is 5.91 Å². The highest BCUT2D eigenvalue weighted by Crippen LogP contribution is 2.27. The Kier molecular flexibility index (Phi) is 7.42. The Balaban J connectivity index is 1.57. The molecule has 0 unspecified atom stereocenters. The Morgan fingerprint density at radius 2 is 2.07 bits per heavy atom. The summed E-state index contributed by atoms with van der Waals surface area (Å²) in [7, 11) is 0. The summed E-state index contributed by atoms with van der Waals surface area (Å²) < 4.78 is 6.26. The van der Waals surface area contributed by atoms with E-state index < -0.39 is 11.9 Å². The van der Waals surface area contributed by atoms with Crippen LogP contribution in [0.3, 0.4) is 0 Å². The summed E-state index contributed by atoms with van der Waals surface area (Å²) in [4.78, 5) is 29.0. The van der Waals surface area contributed by atoms with Crippen molar-refractivity contribution in [3.63, 3.8) is 0 Å². The van der Waals surface area contributed by atoms with E-state index in [1.54, 1.807) is 53.9 Å². The smallest absolute Gasteiger partial charge is 0.338 e. The Hall–Kier alpha value is -1.96. The minimum Gasteiger partial charge on any atom is -0.452 e. The number of hydrogen-bond acceptors (Lipinski definition) is 6. The molecule has 146 valence electrons. The fourth-order valence-corrected chi connectivity index (χ4v) is 4.71. The Morgan fingerprint density at radius 3 is 2.86 bits per heavy atom. The van der Waals surface area contributed by atoms with Crippen molar-refractivity contribution in [1.29, 1.82) is 0 Å². The third-order valence-electron chi connectivity index (χ3n) is 4.02. The van der Waals surface area contributed by atoms with Gasteiger partial charge in [0.15, 0.2) is 6.61 Å². The Morgan fingerprint density at radius 1 is 1.25 bits per heavy atom. The van der Waals surface area contributed by atoms with Gasteiger partial charge < -0.3 is 10.1 Å². The molecule has 0 spiro atoms. The van der Waals surface area contributed by atoms with Crippen molar-refractivity contribution in [2.75, 3.05) is 24.2 Å². The van der Waals surface area contributed by atoms with E-state index in [0.29, 0.717) is 22.0 Å². The number of halogens is 1. The van der Waals surface area contributed by atoms with E-state index in [-0.39, 0.29) is 6.61 Å². The van der Waals surface area contributed by atoms with Crippen molar-refractivity contribution >= 4 is 57.1 Å². The first kappa shape index (κ1) is 20.8. The number of anilines is 1. The number of rotatable bonds is 6. The zero-order valence-corrected chi connectivity index (χ0v) is 17.6. The molecule has 3 rings (SSSR count). The second-order valence-corrected chi connectivity index (χ2v) is 8.69. The lowest BCUT2D eigenvalue weighted by Crippen LogP contribution is -2.21. The quantitative estimate of drug-likeness (QED) is 0.662. The summed E-state index contributed by atoms with van der Waals surface area (Å²) >= 11 is 9.39. The van der Waals surface area contributed by atoms with Crippen LogP contribution in [0.5, 0.6) is 0 Å². The van der Waals surface area contributed by atoms with Gasteiger partial charge in [0.2, 0.25) is 0 Å². The van der Waals surface area contributed by atoms with Crippen LogP contribution in [0.4, 0.5) is 5.69 Å². The highest BCUT2D eigenvalue weighted by atomic mass is 35.5. The van der Waals surface area contributed by atoms with Crippen LogP contribution in [-0.2, 0) is 15.3 Å². The fraction of sp³-hybridized carbons (Fsp3) is 0.250. The molecule has 0 radical (unpaired) electrons. The van der Waals surface area contributed by atoms with Gasteiger partial charge in [-0.1, -0.05) is 59.4 Å². The minimum atomic E-state index is -0.518. The van der Waals surface area contributed by atoms with E-state index in [4.69, 9.17) is 16.3 Å². The predicted molar refractivity (Wildman–Crippen MR) is 118 cm³/mol. The molecule has 2 aromatic carbocycles. The molecular formula is C20H19ClN2O3S2. The van der Waals surface area contributed by atoms with Gasteiger partial charge in [-0.25, -0.2) is 4.79 Å². The van der Waals surface area contributed by atoms with Gasteiger partial charge in [0.05, 0.1) is 12.1 Å². The molecule has 5 nitrogen and oxygen atoms in total. The minimum absolute atomic E-state index is 0.366. The van der Waals surface area contributed by atoms with Crippen molar-refractivity contribution in [3.8, 4) is 0 Å². The molecule has 8 heteroatoms. The molecule has 0 aromatic heterocycles. The lowest BCUT2D eigenvalue weighted by Gasteiger charge is -2.11. The van der Waals surface area contributed by atoms with Crippen LogP contribution in [-0.4, -0.2) is 35.2 Å². The van der Waals surface area contributed by atoms with Crippen molar-refractivity contribution < 1.29 is 14.3 Å². The molecule has 0 saturated heterocycles. The monoisotopic (exact) mass is 434 g/mol. The van der Waals surface area contributed by atoms with Crippen molar-refractivity contribution in [2.24, 2.45) is 4.99 Å². The molecule has 0 saturated carbocycles. The largest absolute Gasteiger partial charge is 0.452 e. The number of thioether (sulfide) groups is 2. The number of amides is 1. The van der Waals surface area contributed by atoms with Gasteiger partial charge in [-0.3, -0.25) is 9.79 Å². The normalized spacial score (nSPS) is 13.1. The highest BCUT2D eigenvalue weighted by Gasteiger charge is 2.16. The van der Waals surface area contributed by atoms with Gasteiger partial charge in [-0.05, 0) is 36.2 Å². The van der Waals surface area contributed by atoms with Gasteiger partial charge in [-0.15, -0.1) is 0 Å². The zero-order valence-electron chi connectivity index (χ0n) is 15.2. The maximum absolute atomic E-state index is 12.5. The second kappa shape index (κ2) is 10.0. The van der Waals surface area contributed by atoms with Crippen LogP contribution >= 0.6 is 35.1 Å². The van der Waals surface area contributed by atoms with Crippen molar-refractivity contribution in [1.82, 2.24) is 0 Å². The summed E-state index contributed by atoms with van der Waals surface area (Å²) in [5, 5.41) is 3.27. The van der Waals surface area contributed by atoms with Gasteiger partial charge >= 0.3 is 5.97 Å². The van der Waals surface area contributed by atoms with Crippen LogP contribution in [0.2, 0.25) is 5.02 Å². The Labute approximate surface area is 177 Å². The number of nitrogens with zero attached hydrogens (tertiary/aromatic N) is 1. The van der Waals surface area contributed by atoms with E-state index in [2.05, 4.69) is 10.3 Å². The second-order valence-electron chi connectivity index (χ2n) is 5.98. The summed E-state index contributed by atoms with van der Waals surface area (Å²) in [6, 6.07) is 12.5. The van der Waals surface area contributed by atoms with Gasteiger partial charge in [-0.2, -0.15) is 0 Å². The molecule has 1 amide bonds. The molecule has 0 aliphatic carbocycles. The number of aliphatic imine (C=N–C) groups is 1. The molecule has 1 N–H and O–H groups in total. The van der Waals surface area contributed by atoms with Crippen LogP contribution in [0.25, 0.3) is 0 Å². The molecule has 0 atom stereocenters. The number of esters is 1. The van der Waals surface area contributed by atoms with E-state index in [1.807, 2.05) is 19.1 Å². The average molecular weight is 435 g/mol. The van der Waals surface area contributed by atoms with E-state index in [9.17, 15) is 9.59 Å². The number of nitrogens with one attached hydrogen (secondary N) is 1. The van der Waals surface area contributed by atoms with E-state index in [1.165, 1.54) is 0 Å². The number of carbonyl (C=O) groups is 2. The van der Waals surface area contributed by atoms with Crippen molar-refractivity contribution in [2.45, 2.75) is 12.7 Å². The Bertz CT molecular complexity index is 918. The fourth-order valence-electron chi connectivity index (χ4n) is 2.53. The van der Waals surface area contributed by atoms with Crippen LogP contribution in [0.15, 0.2) is 47.5 Å². The lowest BCUT2D eigenvalue weighted by atomic mass is 10.1. The van der Waals surface area contributed by atoms with Crippen LogP contribution in [0.1, 0.15) is 21.5 Å². The van der Waals surface area contributed by atoms with Crippen molar-refractivity contribution in [3.05, 3.63) is 64.2 Å². The topological polar surface area (TPSA) is 67.8 Å². The molecule has 0 bridgehead atoms. The molecule has 28 heavy (non-hydrogen) atoms. The predicted octanol–water partition coefficient (Wildman–Crippen LogP) is 4.78. The van der Waals surface area contributed by atoms with E-state index in [0.717, 1.165) is 27.8 Å². The number of benzene rings is 2. The van der Waals surface area contributed by atoms with E-state index >= 15 is 0 Å². The molecule has 2 aromatic rings. The summed E-state index contributed by atoms with van der Waals surface area (Å²) in [5.74, 6) is 0.704. The first-order valence-corrected chi connectivity index (χ1v) is 11.0. The van der Waals surface area contributed by atoms with Gasteiger partial charge in [0, 0.05) is 22.2 Å². The molecule has 1 aliphatic rings. The third kappa shape index (κ3) is 5.53. The maximum Gasteiger partial charge on any atom is 0.338 e. The first-order valence-electron chi connectivity index (χ1n) is 8.64. The molecule has 1 heterocycles. The summed E-state index contributed by atoms with van der Waals surface area (Å²) in [6.07, 6.45) is 0. The highest BCUT2D eigenvalue weighted by molar-refractivity contribution is 8.38. The van der Waals surface area contributed by atoms with Crippen LogP contribution < -0.4 is 5.32 Å². The molecule has 1 aliphatic heterocycles. The number of carbonyl (C=O) groups excluding carboxylic acids is 2. The molecular weight excluding hydrogens is 416 g/mol. The molecule has 0 fully saturated rings. The zero-order chi connectivity index (χ0) is 19.9. The average Bonchev–Trinajstić information content (AvgIpc) is 3.22. The number of hydrogen-bond donors (Lipinski definition) is 1. The van der Waals surface area contributed by atoms with Crippen LogP contribution in [0, 0.1) is 6.92 Å². The SMILES string of the molecule is Cc1c(Cl)cccc1NC(=O)COC(=O)c1ccccc1CSC1=NCCS1. The number of ether oxygens (including phenoxy) is 1.